The van der Waals surface area contributed by atoms with Crippen molar-refractivity contribution in [3.05, 3.63) is 90.3 Å². The highest BCUT2D eigenvalue weighted by molar-refractivity contribution is 7.48. The van der Waals surface area contributed by atoms with E-state index < -0.39 is 25.9 Å². The molecule has 0 bridgehead atoms. The van der Waals surface area contributed by atoms with E-state index in [1.54, 1.807) is 55.4 Å². The minimum absolute atomic E-state index is 0.168. The Hall–Kier alpha value is -4.03. The molecule has 14 heteroatoms. The third kappa shape index (κ3) is 21.2. The molecule has 3 unspecified atom stereocenters. The molecule has 0 aliphatic carbocycles. The van der Waals surface area contributed by atoms with Crippen LogP contribution in [0.5, 0.6) is 0 Å². The Morgan fingerprint density at radius 2 is 0.780 bits per heavy atom. The van der Waals surface area contributed by atoms with Gasteiger partial charge in [0.2, 0.25) is 17.7 Å². The van der Waals surface area contributed by atoms with Crippen LogP contribution in [0.4, 0.5) is 0 Å². The van der Waals surface area contributed by atoms with Crippen molar-refractivity contribution in [3.8, 4) is 0 Å². The zero-order valence-corrected chi connectivity index (χ0v) is 36.6. The van der Waals surface area contributed by atoms with Crippen LogP contribution in [0.25, 0.3) is 0 Å². The number of pyridine rings is 3. The number of nitrogens with one attached hydrogen (secondary N) is 3. The minimum Gasteiger partial charge on any atom is -0.347 e. The van der Waals surface area contributed by atoms with E-state index >= 15 is 0 Å². The summed E-state index contributed by atoms with van der Waals surface area (Å²) in [6.45, 7) is 5.63. The number of aromatic nitrogens is 3. The number of phosphoric ester groups is 1. The lowest BCUT2D eigenvalue weighted by molar-refractivity contribution is -0.123. The summed E-state index contributed by atoms with van der Waals surface area (Å²) in [4.78, 5) is 52.2. The first-order valence-electron chi connectivity index (χ1n) is 21.9. The van der Waals surface area contributed by atoms with Crippen LogP contribution in [-0.2, 0) is 32.5 Å². The third-order valence-corrected chi connectivity index (χ3v) is 11.4. The average molecular weight is 837 g/mol. The first-order valence-corrected chi connectivity index (χ1v) is 23.3. The van der Waals surface area contributed by atoms with Gasteiger partial charge in [0.05, 0.1) is 37.9 Å². The van der Waals surface area contributed by atoms with Crippen LogP contribution in [0.15, 0.2) is 73.6 Å². The first kappa shape index (κ1) is 49.3. The lowest BCUT2D eigenvalue weighted by Gasteiger charge is -2.27. The van der Waals surface area contributed by atoms with Gasteiger partial charge in [0.25, 0.3) is 0 Å². The Labute approximate surface area is 352 Å². The molecular formula is C45H69N6O7P. The summed E-state index contributed by atoms with van der Waals surface area (Å²) in [6.07, 6.45) is 25.7. The molecule has 0 aliphatic rings. The van der Waals surface area contributed by atoms with E-state index in [4.69, 9.17) is 13.6 Å². The third-order valence-electron chi connectivity index (χ3n) is 9.99. The van der Waals surface area contributed by atoms with Crippen molar-refractivity contribution in [2.45, 2.75) is 154 Å². The predicted molar refractivity (Wildman–Crippen MR) is 231 cm³/mol. The van der Waals surface area contributed by atoms with Crippen molar-refractivity contribution in [1.82, 2.24) is 30.9 Å². The molecule has 0 aliphatic heterocycles. The molecule has 0 radical (unpaired) electrons. The predicted octanol–water partition coefficient (Wildman–Crippen LogP) is 9.98. The summed E-state index contributed by atoms with van der Waals surface area (Å²) < 4.78 is 33.2. The molecule has 59 heavy (non-hydrogen) atoms. The Kier molecular flexibility index (Phi) is 25.1. The van der Waals surface area contributed by atoms with Gasteiger partial charge in [-0.05, 0) is 54.2 Å². The van der Waals surface area contributed by atoms with Crippen LogP contribution < -0.4 is 16.0 Å². The second kappa shape index (κ2) is 30.1. The number of unbranched alkanes of at least 4 members (excludes halogenated alkanes) is 12. The molecule has 0 spiro atoms. The van der Waals surface area contributed by atoms with Gasteiger partial charge in [0.15, 0.2) is 0 Å². The smallest absolute Gasteiger partial charge is 0.347 e. The van der Waals surface area contributed by atoms with E-state index in [9.17, 15) is 18.9 Å². The van der Waals surface area contributed by atoms with Gasteiger partial charge in [-0.1, -0.05) is 116 Å². The molecule has 3 N–H and O–H groups in total. The number of phosphoric acid groups is 1. The van der Waals surface area contributed by atoms with Crippen molar-refractivity contribution in [2.75, 3.05) is 19.8 Å². The fourth-order valence-electron chi connectivity index (χ4n) is 6.49. The SMILES string of the molecule is CCCCCCCC(=O)NC(COP(=O)(OCC(NC(=O)CCCCCCC)c1cccnc1)OCC(NC(=O)CCCCCCC)c1cccnc1)c1cccnc1. The normalized spacial score (nSPS) is 13.8. The van der Waals surface area contributed by atoms with Crippen LogP contribution in [0.1, 0.15) is 171 Å². The van der Waals surface area contributed by atoms with Gasteiger partial charge in [-0.25, -0.2) is 4.57 Å². The Morgan fingerprint density at radius 3 is 1.03 bits per heavy atom. The molecule has 13 nitrogen and oxygen atoms in total. The number of carbonyl (C=O) groups excluding carboxylic acids is 3. The van der Waals surface area contributed by atoms with Gasteiger partial charge in [0.1, 0.15) is 0 Å². The average Bonchev–Trinajstić information content (AvgIpc) is 3.26. The molecule has 3 heterocycles. The monoisotopic (exact) mass is 836 g/mol. The van der Waals surface area contributed by atoms with E-state index in [1.165, 1.54) is 0 Å². The Bertz CT molecular complexity index is 1430. The molecule has 0 saturated heterocycles. The maximum Gasteiger partial charge on any atom is 0.475 e. The summed E-state index contributed by atoms with van der Waals surface area (Å²) in [6, 6.07) is 8.50. The van der Waals surface area contributed by atoms with E-state index in [-0.39, 0.29) is 37.5 Å². The topological polar surface area (TPSA) is 171 Å². The number of carbonyl (C=O) groups is 3. The highest BCUT2D eigenvalue weighted by Crippen LogP contribution is 2.51. The Balaban J connectivity index is 1.85. The van der Waals surface area contributed by atoms with Gasteiger partial charge in [-0.3, -0.25) is 42.9 Å². The number of hydrogen-bond donors (Lipinski definition) is 3. The van der Waals surface area contributed by atoms with Crippen LogP contribution in [0, 0.1) is 0 Å². The van der Waals surface area contributed by atoms with Gasteiger partial charge in [-0.2, -0.15) is 0 Å². The largest absolute Gasteiger partial charge is 0.475 e. The molecule has 0 fully saturated rings. The summed E-state index contributed by atoms with van der Waals surface area (Å²) in [7, 11) is -4.49. The molecule has 3 aromatic heterocycles. The number of nitrogens with zero attached hydrogens (tertiary/aromatic N) is 3. The van der Waals surface area contributed by atoms with E-state index in [0.717, 1.165) is 96.3 Å². The van der Waals surface area contributed by atoms with E-state index in [1.807, 2.05) is 18.2 Å². The maximum atomic E-state index is 14.8. The van der Waals surface area contributed by atoms with Gasteiger partial charge < -0.3 is 16.0 Å². The molecule has 0 aromatic carbocycles. The van der Waals surface area contributed by atoms with Gasteiger partial charge >= 0.3 is 7.82 Å². The molecule has 3 aromatic rings. The molecule has 3 rings (SSSR count). The molecule has 326 valence electrons. The fourth-order valence-corrected chi connectivity index (χ4v) is 7.70. The van der Waals surface area contributed by atoms with Crippen molar-refractivity contribution in [1.29, 1.82) is 0 Å². The van der Waals surface area contributed by atoms with Gasteiger partial charge in [0, 0.05) is 56.4 Å². The van der Waals surface area contributed by atoms with Crippen LogP contribution in [0.3, 0.4) is 0 Å². The molecule has 0 saturated carbocycles. The highest BCUT2D eigenvalue weighted by atomic mass is 31.2. The standard InChI is InChI=1S/C45H69N6O7P/c1-4-7-10-13-16-25-43(52)49-40(37-22-19-28-46-31-37)34-56-59(55,57-35-41(38-23-20-29-47-32-38)50-44(53)26-17-14-11-8-5-2)58-36-42(39-24-21-30-48-33-39)51-45(54)27-18-15-12-9-6-3/h19-24,28-33,40-42H,4-18,25-27,34-36H2,1-3H3,(H,49,52)(H,50,53)(H,51,54). The second-order valence-electron chi connectivity index (χ2n) is 15.0. The quantitative estimate of drug-likeness (QED) is 0.0396. The van der Waals surface area contributed by atoms with Crippen molar-refractivity contribution >= 4 is 25.5 Å². The van der Waals surface area contributed by atoms with Crippen molar-refractivity contribution in [3.63, 3.8) is 0 Å². The van der Waals surface area contributed by atoms with Crippen molar-refractivity contribution < 1.29 is 32.5 Å². The molecule has 3 amide bonds. The zero-order chi connectivity index (χ0) is 42.4. The maximum absolute atomic E-state index is 14.8. The summed E-state index contributed by atoms with van der Waals surface area (Å²) in [5, 5.41) is 9.08. The molecule has 3 atom stereocenters. The first-order chi connectivity index (χ1) is 28.8. The number of hydrogen-bond acceptors (Lipinski definition) is 10. The zero-order valence-electron chi connectivity index (χ0n) is 35.7. The van der Waals surface area contributed by atoms with Crippen molar-refractivity contribution in [2.24, 2.45) is 0 Å². The number of rotatable bonds is 33. The second-order valence-corrected chi connectivity index (χ2v) is 16.7. The van der Waals surface area contributed by atoms with Crippen LogP contribution >= 0.6 is 7.82 Å². The van der Waals surface area contributed by atoms with Crippen LogP contribution in [0.2, 0.25) is 0 Å². The van der Waals surface area contributed by atoms with E-state index in [0.29, 0.717) is 36.0 Å². The summed E-state index contributed by atoms with van der Waals surface area (Å²) in [5.41, 5.74) is 1.95. The summed E-state index contributed by atoms with van der Waals surface area (Å²) >= 11 is 0. The Morgan fingerprint density at radius 1 is 0.492 bits per heavy atom. The minimum atomic E-state index is -4.49. The lowest BCUT2D eigenvalue weighted by Crippen LogP contribution is -2.33. The number of amides is 3. The highest BCUT2D eigenvalue weighted by Gasteiger charge is 2.33. The van der Waals surface area contributed by atoms with Crippen LogP contribution in [-0.4, -0.2) is 52.5 Å². The van der Waals surface area contributed by atoms with E-state index in [2.05, 4.69) is 51.7 Å². The molecular weight excluding hydrogens is 768 g/mol. The fraction of sp³-hybridized carbons (Fsp3) is 0.600. The summed E-state index contributed by atoms with van der Waals surface area (Å²) in [5.74, 6) is -0.504. The lowest BCUT2D eigenvalue weighted by atomic mass is 10.1. The van der Waals surface area contributed by atoms with Gasteiger partial charge in [-0.15, -0.1) is 0 Å².